The molecule has 0 saturated heterocycles. The zero-order valence-electron chi connectivity index (χ0n) is 22.9. The van der Waals surface area contributed by atoms with E-state index in [2.05, 4.69) is 15.2 Å². The average Bonchev–Trinajstić information content (AvgIpc) is 2.98. The van der Waals surface area contributed by atoms with Crippen molar-refractivity contribution in [2.24, 2.45) is 12.2 Å². The van der Waals surface area contributed by atoms with Crippen molar-refractivity contribution in [2.75, 3.05) is 13.7 Å². The van der Waals surface area contributed by atoms with Gasteiger partial charge in [0.15, 0.2) is 0 Å². The molecule has 8 nitrogen and oxygen atoms in total. The predicted octanol–water partition coefficient (Wildman–Crippen LogP) is 4.80. The standard InChI is InChI=1S/C32H30FN3O5/c1-20-16-26(33)13-14-27(20)28(17-29(35-40)25-12-15-30(37)36(2)19-25)23-8-4-21(5-9-23)22-6-10-24(11-7-22)32(39)34-18-31(38)41-3/h4-16,19,28,40H,17-18H2,1-3H3,(H,34,39)/b35-29-. The molecule has 0 aliphatic heterocycles. The number of carbonyl (C=O) groups excluding carboxylic acids is 2. The van der Waals surface area contributed by atoms with E-state index in [4.69, 9.17) is 0 Å². The number of benzene rings is 3. The summed E-state index contributed by atoms with van der Waals surface area (Å²) in [5.41, 5.74) is 5.60. The number of pyridine rings is 1. The Morgan fingerprint density at radius 1 is 0.976 bits per heavy atom. The number of hydrogen-bond acceptors (Lipinski definition) is 6. The van der Waals surface area contributed by atoms with Crippen LogP contribution < -0.4 is 10.9 Å². The lowest BCUT2D eigenvalue weighted by Crippen LogP contribution is -2.30. The lowest BCUT2D eigenvalue weighted by Gasteiger charge is -2.21. The van der Waals surface area contributed by atoms with Crippen LogP contribution >= 0.6 is 0 Å². The summed E-state index contributed by atoms with van der Waals surface area (Å²) in [7, 11) is 2.88. The normalized spacial score (nSPS) is 12.0. The van der Waals surface area contributed by atoms with E-state index >= 15 is 0 Å². The van der Waals surface area contributed by atoms with Crippen LogP contribution in [0.25, 0.3) is 11.1 Å². The SMILES string of the molecule is COC(=O)CNC(=O)c1ccc(-c2ccc(C(C/C(=N/O)c3ccc(=O)n(C)c3)c3ccc(F)cc3C)cc2)cc1. The van der Waals surface area contributed by atoms with E-state index in [1.54, 1.807) is 37.5 Å². The lowest BCUT2D eigenvalue weighted by molar-refractivity contribution is -0.139. The van der Waals surface area contributed by atoms with E-state index < -0.39 is 5.97 Å². The number of nitrogens with one attached hydrogen (secondary N) is 1. The molecule has 4 aromatic rings. The number of ether oxygens (including phenoxy) is 1. The molecular formula is C32H30FN3O5. The molecule has 0 spiro atoms. The number of methoxy groups -OCH3 is 1. The summed E-state index contributed by atoms with van der Waals surface area (Å²) in [6.07, 6.45) is 1.92. The zero-order valence-corrected chi connectivity index (χ0v) is 22.9. The van der Waals surface area contributed by atoms with Gasteiger partial charge in [0.25, 0.3) is 5.91 Å². The largest absolute Gasteiger partial charge is 0.468 e. The summed E-state index contributed by atoms with van der Waals surface area (Å²) in [6.45, 7) is 1.63. The number of rotatable bonds is 9. The van der Waals surface area contributed by atoms with Gasteiger partial charge in [-0.15, -0.1) is 0 Å². The van der Waals surface area contributed by atoms with E-state index in [9.17, 15) is 24.0 Å². The van der Waals surface area contributed by atoms with Crippen LogP contribution in [0.3, 0.4) is 0 Å². The summed E-state index contributed by atoms with van der Waals surface area (Å²) < 4.78 is 19.9. The van der Waals surface area contributed by atoms with E-state index in [-0.39, 0.29) is 29.7 Å². The molecule has 9 heteroatoms. The number of nitrogens with zero attached hydrogens (tertiary/aromatic N) is 2. The van der Waals surface area contributed by atoms with Gasteiger partial charge in [-0.25, -0.2) is 4.39 Å². The summed E-state index contributed by atoms with van der Waals surface area (Å²) in [4.78, 5) is 35.4. The maximum Gasteiger partial charge on any atom is 0.325 e. The van der Waals surface area contributed by atoms with Gasteiger partial charge in [0.2, 0.25) is 5.56 Å². The first-order chi connectivity index (χ1) is 19.7. The molecule has 0 aliphatic carbocycles. The maximum atomic E-state index is 14.0. The lowest BCUT2D eigenvalue weighted by atomic mass is 9.83. The van der Waals surface area contributed by atoms with Crippen molar-refractivity contribution in [3.8, 4) is 11.1 Å². The van der Waals surface area contributed by atoms with Gasteiger partial charge in [-0.3, -0.25) is 14.4 Å². The highest BCUT2D eigenvalue weighted by Gasteiger charge is 2.21. The number of halogens is 1. The summed E-state index contributed by atoms with van der Waals surface area (Å²) >= 11 is 0. The number of aryl methyl sites for hydroxylation is 2. The number of aromatic nitrogens is 1. The first-order valence-electron chi connectivity index (χ1n) is 12.9. The van der Waals surface area contributed by atoms with E-state index in [1.165, 1.54) is 29.9 Å². The first kappa shape index (κ1) is 28.9. The molecule has 1 heterocycles. The van der Waals surface area contributed by atoms with Crippen LogP contribution in [0.5, 0.6) is 0 Å². The highest BCUT2D eigenvalue weighted by molar-refractivity contribution is 6.00. The molecular weight excluding hydrogens is 525 g/mol. The molecule has 3 aromatic carbocycles. The van der Waals surface area contributed by atoms with Crippen molar-refractivity contribution in [1.82, 2.24) is 9.88 Å². The monoisotopic (exact) mass is 555 g/mol. The van der Waals surface area contributed by atoms with Gasteiger partial charge in [-0.05, 0) is 65.1 Å². The van der Waals surface area contributed by atoms with Gasteiger partial charge in [0, 0.05) is 42.8 Å². The van der Waals surface area contributed by atoms with Crippen molar-refractivity contribution in [3.05, 3.63) is 129 Å². The molecule has 0 radical (unpaired) electrons. The molecule has 2 N–H and O–H groups in total. The van der Waals surface area contributed by atoms with Gasteiger partial charge >= 0.3 is 5.97 Å². The van der Waals surface area contributed by atoms with Crippen LogP contribution in [0.2, 0.25) is 0 Å². The average molecular weight is 556 g/mol. The Labute approximate surface area is 236 Å². The molecule has 1 unspecified atom stereocenters. The Hall–Kier alpha value is -5.05. The molecule has 1 aromatic heterocycles. The summed E-state index contributed by atoms with van der Waals surface area (Å²) in [6, 6.07) is 22.5. The van der Waals surface area contributed by atoms with E-state index in [1.807, 2.05) is 43.3 Å². The maximum absolute atomic E-state index is 14.0. The Kier molecular flexibility index (Phi) is 9.08. The third-order valence-electron chi connectivity index (χ3n) is 6.96. The Bertz CT molecular complexity index is 1640. The fourth-order valence-electron chi connectivity index (χ4n) is 4.66. The Balaban J connectivity index is 1.62. The smallest absolute Gasteiger partial charge is 0.325 e. The molecule has 0 bridgehead atoms. The fourth-order valence-corrected chi connectivity index (χ4v) is 4.66. The Morgan fingerprint density at radius 3 is 2.20 bits per heavy atom. The van der Waals surface area contributed by atoms with Gasteiger partial charge in [0.1, 0.15) is 12.4 Å². The van der Waals surface area contributed by atoms with Crippen LogP contribution in [-0.4, -0.2) is 41.0 Å². The van der Waals surface area contributed by atoms with Crippen LogP contribution in [0.4, 0.5) is 4.39 Å². The predicted molar refractivity (Wildman–Crippen MR) is 154 cm³/mol. The van der Waals surface area contributed by atoms with Crippen LogP contribution in [-0.2, 0) is 16.6 Å². The molecule has 0 saturated carbocycles. The molecule has 210 valence electrons. The van der Waals surface area contributed by atoms with E-state index in [0.29, 0.717) is 23.3 Å². The second kappa shape index (κ2) is 12.9. The minimum absolute atomic E-state index is 0.178. The minimum atomic E-state index is -0.532. The number of carbonyl (C=O) groups is 2. The summed E-state index contributed by atoms with van der Waals surface area (Å²) in [5.74, 6) is -1.52. The minimum Gasteiger partial charge on any atom is -0.468 e. The molecule has 0 fully saturated rings. The van der Waals surface area contributed by atoms with Gasteiger partial charge < -0.3 is 19.8 Å². The first-order valence-corrected chi connectivity index (χ1v) is 12.9. The van der Waals surface area contributed by atoms with Crippen molar-refractivity contribution in [3.63, 3.8) is 0 Å². The third kappa shape index (κ3) is 6.94. The summed E-state index contributed by atoms with van der Waals surface area (Å²) in [5, 5.41) is 16.0. The van der Waals surface area contributed by atoms with E-state index in [0.717, 1.165) is 27.8 Å². The highest BCUT2D eigenvalue weighted by Crippen LogP contribution is 2.33. The molecule has 41 heavy (non-hydrogen) atoms. The van der Waals surface area contributed by atoms with Crippen molar-refractivity contribution in [1.29, 1.82) is 0 Å². The number of hydrogen-bond donors (Lipinski definition) is 2. The quantitative estimate of drug-likeness (QED) is 0.133. The zero-order chi connectivity index (χ0) is 29.5. The second-order valence-electron chi connectivity index (χ2n) is 9.63. The molecule has 0 aliphatic rings. The molecule has 4 rings (SSSR count). The topological polar surface area (TPSA) is 110 Å². The van der Waals surface area contributed by atoms with Crippen molar-refractivity contribution in [2.45, 2.75) is 19.3 Å². The third-order valence-corrected chi connectivity index (χ3v) is 6.96. The molecule has 1 atom stereocenters. The number of oxime groups is 1. The molecule has 1 amide bonds. The second-order valence-corrected chi connectivity index (χ2v) is 9.63. The fraction of sp³-hybridized carbons (Fsp3) is 0.188. The van der Waals surface area contributed by atoms with Crippen LogP contribution in [0, 0.1) is 12.7 Å². The number of amides is 1. The van der Waals surface area contributed by atoms with Crippen molar-refractivity contribution < 1.29 is 23.9 Å². The van der Waals surface area contributed by atoms with Crippen LogP contribution in [0.1, 0.15) is 45.0 Å². The van der Waals surface area contributed by atoms with Gasteiger partial charge in [-0.1, -0.05) is 47.6 Å². The highest BCUT2D eigenvalue weighted by atomic mass is 19.1. The number of esters is 1. The van der Waals surface area contributed by atoms with Crippen LogP contribution in [0.15, 0.2) is 95.0 Å². The van der Waals surface area contributed by atoms with Gasteiger partial charge in [0.05, 0.1) is 12.8 Å². The van der Waals surface area contributed by atoms with Gasteiger partial charge in [-0.2, -0.15) is 0 Å². The van der Waals surface area contributed by atoms with Crippen molar-refractivity contribution >= 4 is 17.6 Å². The Morgan fingerprint density at radius 2 is 1.61 bits per heavy atom.